The van der Waals surface area contributed by atoms with E-state index in [1.165, 1.54) is 0 Å². The van der Waals surface area contributed by atoms with Gasteiger partial charge in [-0.15, -0.1) is 0 Å². The number of rotatable bonds is 8. The average Bonchev–Trinajstić information content (AvgIpc) is 2.13. The Bertz CT molecular complexity index is 357. The van der Waals surface area contributed by atoms with Crippen molar-refractivity contribution in [1.29, 1.82) is 0 Å². The molecule has 0 aromatic rings. The first-order chi connectivity index (χ1) is 7.63. The largest absolute Gasteiger partial charge is 0.481 e. The number of carboxylic acids is 2. The lowest BCUT2D eigenvalue weighted by Gasteiger charge is -2.12. The standard InChI is InChI=1S/C8H13O8P/c1-5(7(9)10)4-6(8(11)12)2-3-16-17(13,14)15/h6H,1-4H2,(H,9,10)(H,11,12)(H2,13,14,15). The van der Waals surface area contributed by atoms with Crippen LogP contribution in [0.25, 0.3) is 0 Å². The molecule has 1 unspecified atom stereocenters. The van der Waals surface area contributed by atoms with Gasteiger partial charge in [0.1, 0.15) is 0 Å². The summed E-state index contributed by atoms with van der Waals surface area (Å²) in [5.74, 6) is -3.70. The molecule has 0 radical (unpaired) electrons. The molecule has 0 amide bonds. The Hall–Kier alpha value is -1.21. The molecular formula is C8H13O8P. The number of carboxylic acid groups (broad SMARTS) is 2. The number of phosphoric ester groups is 1. The lowest BCUT2D eigenvalue weighted by molar-refractivity contribution is -0.142. The van der Waals surface area contributed by atoms with Gasteiger partial charge in [-0.25, -0.2) is 9.36 Å². The van der Waals surface area contributed by atoms with Crippen molar-refractivity contribution >= 4 is 19.8 Å². The van der Waals surface area contributed by atoms with Crippen LogP contribution in [0.4, 0.5) is 0 Å². The van der Waals surface area contributed by atoms with E-state index in [9.17, 15) is 14.2 Å². The number of aliphatic carboxylic acids is 2. The molecule has 0 aromatic carbocycles. The third kappa shape index (κ3) is 7.64. The van der Waals surface area contributed by atoms with Crippen LogP contribution in [0.3, 0.4) is 0 Å². The number of hydrogen-bond acceptors (Lipinski definition) is 4. The molecule has 98 valence electrons. The van der Waals surface area contributed by atoms with E-state index in [0.717, 1.165) is 0 Å². The third-order valence-electron chi connectivity index (χ3n) is 1.87. The maximum absolute atomic E-state index is 10.7. The molecule has 0 rings (SSSR count). The summed E-state index contributed by atoms with van der Waals surface area (Å²) in [7, 11) is -4.64. The van der Waals surface area contributed by atoms with Gasteiger partial charge in [-0.3, -0.25) is 9.32 Å². The minimum atomic E-state index is -4.64. The SMILES string of the molecule is C=C(CC(CCOP(=O)(O)O)C(=O)O)C(=O)O. The molecule has 0 bridgehead atoms. The fourth-order valence-corrected chi connectivity index (χ4v) is 1.35. The summed E-state index contributed by atoms with van der Waals surface area (Å²) in [6.45, 7) is 2.70. The summed E-state index contributed by atoms with van der Waals surface area (Å²) in [5, 5.41) is 17.3. The summed E-state index contributed by atoms with van der Waals surface area (Å²) >= 11 is 0. The van der Waals surface area contributed by atoms with E-state index in [4.69, 9.17) is 20.0 Å². The molecule has 1 atom stereocenters. The molecule has 0 heterocycles. The lowest BCUT2D eigenvalue weighted by Crippen LogP contribution is -2.18. The van der Waals surface area contributed by atoms with E-state index in [1.807, 2.05) is 0 Å². The predicted molar refractivity (Wildman–Crippen MR) is 55.1 cm³/mol. The van der Waals surface area contributed by atoms with Crippen LogP contribution in [0.1, 0.15) is 12.8 Å². The summed E-state index contributed by atoms with van der Waals surface area (Å²) in [5.41, 5.74) is -0.284. The van der Waals surface area contributed by atoms with Gasteiger partial charge in [0.15, 0.2) is 0 Å². The highest BCUT2D eigenvalue weighted by atomic mass is 31.2. The van der Waals surface area contributed by atoms with Crippen LogP contribution in [0.15, 0.2) is 12.2 Å². The van der Waals surface area contributed by atoms with Crippen molar-refractivity contribution < 1.29 is 38.7 Å². The summed E-state index contributed by atoms with van der Waals surface area (Å²) in [6, 6.07) is 0. The Kier molecular flexibility index (Phi) is 6.04. The first-order valence-electron chi connectivity index (χ1n) is 4.47. The van der Waals surface area contributed by atoms with Crippen LogP contribution in [0.5, 0.6) is 0 Å². The smallest absolute Gasteiger partial charge is 0.469 e. The Morgan fingerprint density at radius 1 is 1.29 bits per heavy atom. The first kappa shape index (κ1) is 15.8. The van der Waals surface area contributed by atoms with E-state index < -0.39 is 32.3 Å². The quantitative estimate of drug-likeness (QED) is 0.361. The molecule has 17 heavy (non-hydrogen) atoms. The van der Waals surface area contributed by atoms with Gasteiger partial charge in [-0.2, -0.15) is 0 Å². The summed E-state index contributed by atoms with van der Waals surface area (Å²) in [6.07, 6.45) is -0.526. The van der Waals surface area contributed by atoms with Crippen LogP contribution in [-0.2, 0) is 18.7 Å². The van der Waals surface area contributed by atoms with E-state index in [2.05, 4.69) is 11.1 Å². The van der Waals surface area contributed by atoms with Crippen molar-refractivity contribution in [2.24, 2.45) is 5.92 Å². The van der Waals surface area contributed by atoms with Crippen LogP contribution in [0.2, 0.25) is 0 Å². The molecule has 0 aliphatic heterocycles. The van der Waals surface area contributed by atoms with Gasteiger partial charge in [0.05, 0.1) is 12.5 Å². The highest BCUT2D eigenvalue weighted by molar-refractivity contribution is 7.46. The van der Waals surface area contributed by atoms with E-state index in [0.29, 0.717) is 0 Å². The molecule has 8 nitrogen and oxygen atoms in total. The molecule has 0 saturated heterocycles. The zero-order chi connectivity index (χ0) is 13.6. The van der Waals surface area contributed by atoms with E-state index in [1.54, 1.807) is 0 Å². The Balaban J connectivity index is 4.27. The molecule has 0 aromatic heterocycles. The predicted octanol–water partition coefficient (Wildman–Crippen LogP) is 0.217. The normalized spacial score (nSPS) is 13.1. The molecule has 0 aliphatic rings. The average molecular weight is 268 g/mol. The van der Waals surface area contributed by atoms with Crippen molar-refractivity contribution in [2.75, 3.05) is 6.61 Å². The zero-order valence-corrected chi connectivity index (χ0v) is 9.67. The van der Waals surface area contributed by atoms with Gasteiger partial charge < -0.3 is 20.0 Å². The van der Waals surface area contributed by atoms with Gasteiger partial charge in [0, 0.05) is 5.57 Å². The van der Waals surface area contributed by atoms with E-state index >= 15 is 0 Å². The highest BCUT2D eigenvalue weighted by Crippen LogP contribution is 2.36. The minimum Gasteiger partial charge on any atom is -0.481 e. The summed E-state index contributed by atoms with van der Waals surface area (Å²) < 4.78 is 14.4. The molecule has 4 N–H and O–H groups in total. The second-order valence-electron chi connectivity index (χ2n) is 3.26. The molecule has 0 fully saturated rings. The van der Waals surface area contributed by atoms with Crippen LogP contribution in [0, 0.1) is 5.92 Å². The van der Waals surface area contributed by atoms with Crippen molar-refractivity contribution in [1.82, 2.24) is 0 Å². The second kappa shape index (κ2) is 6.51. The van der Waals surface area contributed by atoms with Gasteiger partial charge in [0.25, 0.3) is 0 Å². The molecule has 0 aliphatic carbocycles. The van der Waals surface area contributed by atoms with Crippen molar-refractivity contribution in [3.8, 4) is 0 Å². The van der Waals surface area contributed by atoms with Gasteiger partial charge in [-0.05, 0) is 12.8 Å². The minimum absolute atomic E-state index is 0.216. The molecule has 0 spiro atoms. The highest BCUT2D eigenvalue weighted by Gasteiger charge is 2.22. The first-order valence-corrected chi connectivity index (χ1v) is 6.00. The van der Waals surface area contributed by atoms with Crippen molar-refractivity contribution in [2.45, 2.75) is 12.8 Å². The van der Waals surface area contributed by atoms with E-state index in [-0.39, 0.29) is 18.4 Å². The van der Waals surface area contributed by atoms with Crippen molar-refractivity contribution in [3.05, 3.63) is 12.2 Å². The number of hydrogen-bond donors (Lipinski definition) is 4. The topological polar surface area (TPSA) is 141 Å². The molecule has 9 heteroatoms. The number of phosphoric acid groups is 1. The molecular weight excluding hydrogens is 255 g/mol. The Morgan fingerprint density at radius 3 is 2.18 bits per heavy atom. The van der Waals surface area contributed by atoms with Gasteiger partial charge in [0.2, 0.25) is 0 Å². The fraction of sp³-hybridized carbons (Fsp3) is 0.500. The third-order valence-corrected chi connectivity index (χ3v) is 2.39. The van der Waals surface area contributed by atoms with Crippen LogP contribution in [-0.4, -0.2) is 38.5 Å². The maximum Gasteiger partial charge on any atom is 0.469 e. The van der Waals surface area contributed by atoms with Crippen LogP contribution < -0.4 is 0 Å². The van der Waals surface area contributed by atoms with Crippen LogP contribution >= 0.6 is 7.82 Å². The molecule has 0 saturated carbocycles. The van der Waals surface area contributed by atoms with Gasteiger partial charge in [-0.1, -0.05) is 6.58 Å². The second-order valence-corrected chi connectivity index (χ2v) is 4.50. The summed E-state index contributed by atoms with van der Waals surface area (Å²) in [4.78, 5) is 37.9. The zero-order valence-electron chi connectivity index (χ0n) is 8.77. The number of carbonyl (C=O) groups is 2. The fourth-order valence-electron chi connectivity index (χ4n) is 1.01. The van der Waals surface area contributed by atoms with Gasteiger partial charge >= 0.3 is 19.8 Å². The Labute approximate surface area is 96.8 Å². The maximum atomic E-state index is 10.7. The van der Waals surface area contributed by atoms with Crippen molar-refractivity contribution in [3.63, 3.8) is 0 Å². The monoisotopic (exact) mass is 268 g/mol. The Morgan fingerprint density at radius 2 is 1.82 bits per heavy atom. The lowest BCUT2D eigenvalue weighted by atomic mass is 9.97.